The largest absolute Gasteiger partial charge is 0.463 e. The molecule has 1 atom stereocenters. The van der Waals surface area contributed by atoms with E-state index in [4.69, 9.17) is 14.2 Å². The molecule has 1 aliphatic carbocycles. The van der Waals surface area contributed by atoms with Crippen molar-refractivity contribution in [3.05, 3.63) is 47.0 Å². The van der Waals surface area contributed by atoms with Crippen LogP contribution in [0.1, 0.15) is 25.3 Å². The Morgan fingerprint density at radius 1 is 1.30 bits per heavy atom. The lowest BCUT2D eigenvalue weighted by Crippen LogP contribution is -2.41. The Hall–Kier alpha value is -1.84. The smallest absolute Gasteiger partial charge is 0.335 e. The van der Waals surface area contributed by atoms with Gasteiger partial charge in [-0.15, -0.1) is 0 Å². The molecule has 1 unspecified atom stereocenters. The van der Waals surface area contributed by atoms with E-state index in [1.165, 1.54) is 6.08 Å². The Morgan fingerprint density at radius 2 is 2.00 bits per heavy atom. The van der Waals surface area contributed by atoms with Crippen molar-refractivity contribution < 1.29 is 36.2 Å². The molecule has 1 aromatic rings. The molecule has 0 N–H and O–H groups in total. The molecule has 0 radical (unpaired) electrons. The SMILES string of the molecule is CCOC(=O)C1=CC2(CCC1S(=O)(=O)Cc1cc(F)ccc1F)OCCO2. The maximum Gasteiger partial charge on any atom is 0.335 e. The minimum atomic E-state index is -4.02. The first-order valence-corrected chi connectivity index (χ1v) is 10.3. The third-order valence-corrected chi connectivity index (χ3v) is 6.63. The molecular weight excluding hydrogens is 382 g/mol. The number of carbonyl (C=O) groups is 1. The molecule has 1 aromatic carbocycles. The first kappa shape index (κ1) is 19.9. The van der Waals surface area contributed by atoms with Crippen LogP contribution in [0.3, 0.4) is 0 Å². The summed E-state index contributed by atoms with van der Waals surface area (Å²) in [7, 11) is -4.02. The van der Waals surface area contributed by atoms with Gasteiger partial charge in [0.1, 0.15) is 11.6 Å². The summed E-state index contributed by atoms with van der Waals surface area (Å²) in [4.78, 5) is 12.4. The van der Waals surface area contributed by atoms with Gasteiger partial charge in [0.25, 0.3) is 0 Å². The molecule has 0 aromatic heterocycles. The van der Waals surface area contributed by atoms with E-state index in [2.05, 4.69) is 0 Å². The molecule has 27 heavy (non-hydrogen) atoms. The molecule has 148 valence electrons. The summed E-state index contributed by atoms with van der Waals surface area (Å²) in [5.41, 5.74) is -0.381. The summed E-state index contributed by atoms with van der Waals surface area (Å²) >= 11 is 0. The van der Waals surface area contributed by atoms with Gasteiger partial charge < -0.3 is 14.2 Å². The molecule has 6 nitrogen and oxygen atoms in total. The van der Waals surface area contributed by atoms with Gasteiger partial charge in [-0.1, -0.05) is 0 Å². The minimum absolute atomic E-state index is 0.0456. The van der Waals surface area contributed by atoms with Crippen LogP contribution < -0.4 is 0 Å². The number of hydrogen-bond acceptors (Lipinski definition) is 6. The maximum atomic E-state index is 13.9. The van der Waals surface area contributed by atoms with Gasteiger partial charge in [0.05, 0.1) is 36.4 Å². The summed E-state index contributed by atoms with van der Waals surface area (Å²) in [5, 5.41) is -1.21. The van der Waals surface area contributed by atoms with Gasteiger partial charge in [-0.2, -0.15) is 0 Å². The van der Waals surface area contributed by atoms with Gasteiger partial charge in [-0.25, -0.2) is 22.0 Å². The van der Waals surface area contributed by atoms with Crippen LogP contribution in [0, 0.1) is 11.6 Å². The molecule has 3 rings (SSSR count). The number of hydrogen-bond donors (Lipinski definition) is 0. The van der Waals surface area contributed by atoms with E-state index in [9.17, 15) is 22.0 Å². The molecule has 1 saturated heterocycles. The van der Waals surface area contributed by atoms with Crippen LogP contribution in [0.25, 0.3) is 0 Å². The average Bonchev–Trinajstić information content (AvgIpc) is 3.05. The lowest BCUT2D eigenvalue weighted by atomic mass is 9.94. The molecule has 9 heteroatoms. The second-order valence-corrected chi connectivity index (χ2v) is 8.58. The zero-order valence-electron chi connectivity index (χ0n) is 14.7. The van der Waals surface area contributed by atoms with E-state index in [1.807, 2.05) is 0 Å². The van der Waals surface area contributed by atoms with Gasteiger partial charge in [-0.3, -0.25) is 0 Å². The summed E-state index contributed by atoms with van der Waals surface area (Å²) in [6, 6.07) is 2.63. The van der Waals surface area contributed by atoms with Crippen LogP contribution in [0.5, 0.6) is 0 Å². The summed E-state index contributed by atoms with van der Waals surface area (Å²) in [6.07, 6.45) is 1.63. The van der Waals surface area contributed by atoms with Crippen LogP contribution in [0.15, 0.2) is 29.8 Å². The first-order valence-electron chi connectivity index (χ1n) is 8.59. The van der Waals surface area contributed by atoms with Gasteiger partial charge in [-0.05, 0) is 37.6 Å². The normalized spacial score (nSPS) is 21.9. The number of rotatable bonds is 5. The highest BCUT2D eigenvalue weighted by molar-refractivity contribution is 7.91. The van der Waals surface area contributed by atoms with Crippen molar-refractivity contribution in [1.82, 2.24) is 0 Å². The quantitative estimate of drug-likeness (QED) is 0.703. The number of esters is 1. The molecular formula is C18H20F2O6S. The average molecular weight is 402 g/mol. The highest BCUT2D eigenvalue weighted by atomic mass is 32.2. The lowest BCUT2D eigenvalue weighted by molar-refractivity contribution is -0.143. The van der Waals surface area contributed by atoms with Crippen LogP contribution in [-0.2, 0) is 34.6 Å². The van der Waals surface area contributed by atoms with Crippen molar-refractivity contribution in [3.8, 4) is 0 Å². The molecule has 0 bridgehead atoms. The van der Waals surface area contributed by atoms with Crippen LogP contribution in [-0.4, -0.2) is 45.2 Å². The summed E-state index contributed by atoms with van der Waals surface area (Å²) in [5.74, 6) is -4.22. The van der Waals surface area contributed by atoms with Crippen molar-refractivity contribution >= 4 is 15.8 Å². The van der Waals surface area contributed by atoms with E-state index in [0.29, 0.717) is 13.2 Å². The monoisotopic (exact) mass is 402 g/mol. The van der Waals surface area contributed by atoms with Crippen molar-refractivity contribution in [2.24, 2.45) is 0 Å². The van der Waals surface area contributed by atoms with E-state index in [0.717, 1.165) is 18.2 Å². The van der Waals surface area contributed by atoms with E-state index in [-0.39, 0.29) is 30.6 Å². The van der Waals surface area contributed by atoms with Crippen molar-refractivity contribution in [2.75, 3.05) is 19.8 Å². The van der Waals surface area contributed by atoms with Crippen molar-refractivity contribution in [2.45, 2.75) is 36.6 Å². The molecule has 0 saturated carbocycles. The maximum absolute atomic E-state index is 13.9. The van der Waals surface area contributed by atoms with Gasteiger partial charge >= 0.3 is 5.97 Å². The second kappa shape index (κ2) is 7.65. The van der Waals surface area contributed by atoms with Crippen LogP contribution in [0.4, 0.5) is 8.78 Å². The molecule has 1 spiro atoms. The van der Waals surface area contributed by atoms with E-state index in [1.54, 1.807) is 6.92 Å². The third kappa shape index (κ3) is 4.20. The fraction of sp³-hybridized carbons (Fsp3) is 0.500. The van der Waals surface area contributed by atoms with E-state index < -0.39 is 44.2 Å². The Balaban J connectivity index is 1.94. The number of benzene rings is 1. The lowest BCUT2D eigenvalue weighted by Gasteiger charge is -2.33. The fourth-order valence-corrected chi connectivity index (χ4v) is 5.22. The number of carbonyl (C=O) groups excluding carboxylic acids is 1. The molecule has 1 fully saturated rings. The third-order valence-electron chi connectivity index (χ3n) is 4.56. The number of halogens is 2. The van der Waals surface area contributed by atoms with E-state index >= 15 is 0 Å². The predicted molar refractivity (Wildman–Crippen MR) is 91.4 cm³/mol. The van der Waals surface area contributed by atoms with Gasteiger partial charge in [0.15, 0.2) is 15.6 Å². The highest BCUT2D eigenvalue weighted by Crippen LogP contribution is 2.38. The number of sulfone groups is 1. The minimum Gasteiger partial charge on any atom is -0.463 e. The first-order chi connectivity index (χ1) is 12.8. The molecule has 2 aliphatic rings. The molecule has 1 heterocycles. The Bertz CT molecular complexity index is 859. The van der Waals surface area contributed by atoms with Crippen LogP contribution >= 0.6 is 0 Å². The standard InChI is InChI=1S/C18H20F2O6S/c1-2-24-17(21)14-10-18(25-7-8-26-18)6-5-16(14)27(22,23)11-12-9-13(19)3-4-15(12)20/h3-4,9-10,16H,2,5-8,11H2,1H3. The summed E-state index contributed by atoms with van der Waals surface area (Å²) in [6.45, 7) is 2.33. The zero-order valence-corrected chi connectivity index (χ0v) is 15.6. The van der Waals surface area contributed by atoms with Crippen molar-refractivity contribution in [1.29, 1.82) is 0 Å². The molecule has 1 aliphatic heterocycles. The highest BCUT2D eigenvalue weighted by Gasteiger charge is 2.46. The molecule has 0 amide bonds. The summed E-state index contributed by atoms with van der Waals surface area (Å²) < 4.78 is 69.2. The fourth-order valence-electron chi connectivity index (χ4n) is 3.34. The Morgan fingerprint density at radius 3 is 2.67 bits per heavy atom. The van der Waals surface area contributed by atoms with Crippen molar-refractivity contribution in [3.63, 3.8) is 0 Å². The Kier molecular flexibility index (Phi) is 5.64. The van der Waals surface area contributed by atoms with Gasteiger partial charge in [0, 0.05) is 12.0 Å². The second-order valence-electron chi connectivity index (χ2n) is 6.40. The van der Waals surface area contributed by atoms with Gasteiger partial charge in [0.2, 0.25) is 0 Å². The zero-order chi connectivity index (χ0) is 19.7. The Labute approximate surface area is 156 Å². The number of ether oxygens (including phenoxy) is 3. The predicted octanol–water partition coefficient (Wildman–Crippen LogP) is 2.27. The topological polar surface area (TPSA) is 78.9 Å². The van der Waals surface area contributed by atoms with Crippen LogP contribution in [0.2, 0.25) is 0 Å².